The van der Waals surface area contributed by atoms with Gasteiger partial charge in [0.2, 0.25) is 0 Å². The molecule has 0 aliphatic rings. The van der Waals surface area contributed by atoms with E-state index in [1.165, 1.54) is 0 Å². The van der Waals surface area contributed by atoms with Gasteiger partial charge in [0.05, 0.1) is 0 Å². The lowest BCUT2D eigenvalue weighted by Crippen LogP contribution is -2.53. The number of carbonyl (C=O) groups is 5. The average molecular weight is 392 g/mol. The SMILES string of the molecule is CC(=O)OC[C@@H](O)C(OC(C)=O)C(OC(C)=O)[C@H](COC(C)=O)OC(C)=O. The first-order valence-electron chi connectivity index (χ1n) is 7.90. The number of esters is 5. The highest BCUT2D eigenvalue weighted by molar-refractivity contribution is 5.69. The molecule has 0 saturated heterocycles. The lowest BCUT2D eigenvalue weighted by molar-refractivity contribution is -0.201. The van der Waals surface area contributed by atoms with Crippen LogP contribution in [0, 0.1) is 0 Å². The second kappa shape index (κ2) is 11.8. The van der Waals surface area contributed by atoms with Gasteiger partial charge < -0.3 is 28.8 Å². The predicted octanol–water partition coefficient (Wildman–Crippen LogP) is -0.731. The molecule has 0 heterocycles. The van der Waals surface area contributed by atoms with Gasteiger partial charge in [-0.2, -0.15) is 0 Å². The molecule has 0 radical (unpaired) electrons. The van der Waals surface area contributed by atoms with Crippen molar-refractivity contribution >= 4 is 29.8 Å². The molecule has 11 heteroatoms. The van der Waals surface area contributed by atoms with Crippen LogP contribution in [0.4, 0.5) is 0 Å². The Morgan fingerprint density at radius 3 is 1.44 bits per heavy atom. The number of aliphatic hydroxyl groups excluding tert-OH is 1. The first-order valence-corrected chi connectivity index (χ1v) is 7.90. The van der Waals surface area contributed by atoms with Gasteiger partial charge in [-0.05, 0) is 0 Å². The largest absolute Gasteiger partial charge is 0.463 e. The quantitative estimate of drug-likeness (QED) is 0.370. The number of rotatable bonds is 10. The zero-order valence-corrected chi connectivity index (χ0v) is 15.8. The van der Waals surface area contributed by atoms with Crippen LogP contribution >= 0.6 is 0 Å². The van der Waals surface area contributed by atoms with Crippen LogP contribution in [0.25, 0.3) is 0 Å². The molecule has 0 saturated carbocycles. The van der Waals surface area contributed by atoms with Crippen molar-refractivity contribution in [2.45, 2.75) is 59.0 Å². The highest BCUT2D eigenvalue weighted by atomic mass is 16.6. The van der Waals surface area contributed by atoms with Crippen LogP contribution in [0.2, 0.25) is 0 Å². The Balaban J connectivity index is 5.76. The molecule has 2 unspecified atom stereocenters. The van der Waals surface area contributed by atoms with Crippen molar-refractivity contribution in [3.63, 3.8) is 0 Å². The zero-order valence-electron chi connectivity index (χ0n) is 15.8. The van der Waals surface area contributed by atoms with Crippen LogP contribution in [0.15, 0.2) is 0 Å². The molecular weight excluding hydrogens is 368 g/mol. The molecule has 0 aliphatic carbocycles. The van der Waals surface area contributed by atoms with E-state index < -0.39 is 67.5 Å². The molecular formula is C16H24O11. The van der Waals surface area contributed by atoms with Gasteiger partial charge in [0.1, 0.15) is 19.3 Å². The molecule has 0 aromatic carbocycles. The van der Waals surface area contributed by atoms with E-state index in [2.05, 4.69) is 4.74 Å². The molecule has 0 fully saturated rings. The molecule has 11 nitrogen and oxygen atoms in total. The molecule has 4 atom stereocenters. The summed E-state index contributed by atoms with van der Waals surface area (Å²) >= 11 is 0. The first-order chi connectivity index (χ1) is 12.4. The van der Waals surface area contributed by atoms with Gasteiger partial charge >= 0.3 is 29.8 Å². The van der Waals surface area contributed by atoms with Crippen molar-refractivity contribution in [3.8, 4) is 0 Å². The average Bonchev–Trinajstić information content (AvgIpc) is 2.51. The Hall–Kier alpha value is -2.69. The van der Waals surface area contributed by atoms with Crippen molar-refractivity contribution in [2.75, 3.05) is 13.2 Å². The summed E-state index contributed by atoms with van der Waals surface area (Å²) in [5.41, 5.74) is 0. The van der Waals surface area contributed by atoms with E-state index in [0.717, 1.165) is 34.6 Å². The monoisotopic (exact) mass is 392 g/mol. The molecule has 0 aromatic rings. The van der Waals surface area contributed by atoms with Gasteiger partial charge in [0, 0.05) is 34.6 Å². The number of hydrogen-bond donors (Lipinski definition) is 1. The lowest BCUT2D eigenvalue weighted by Gasteiger charge is -2.33. The van der Waals surface area contributed by atoms with Gasteiger partial charge in [-0.25, -0.2) is 0 Å². The minimum atomic E-state index is -1.63. The summed E-state index contributed by atoms with van der Waals surface area (Å²) < 4.78 is 24.5. The number of hydrogen-bond acceptors (Lipinski definition) is 11. The van der Waals surface area contributed by atoms with E-state index in [9.17, 15) is 29.1 Å². The van der Waals surface area contributed by atoms with Crippen LogP contribution in [0.3, 0.4) is 0 Å². The summed E-state index contributed by atoms with van der Waals surface area (Å²) in [6.07, 6.45) is -6.14. The Kier molecular flexibility index (Phi) is 10.7. The van der Waals surface area contributed by atoms with E-state index in [4.69, 9.17) is 18.9 Å². The maximum Gasteiger partial charge on any atom is 0.303 e. The number of aliphatic hydroxyl groups is 1. The Morgan fingerprint density at radius 2 is 1.04 bits per heavy atom. The minimum Gasteiger partial charge on any atom is -0.463 e. The highest BCUT2D eigenvalue weighted by Crippen LogP contribution is 2.18. The fourth-order valence-corrected chi connectivity index (χ4v) is 2.01. The van der Waals surface area contributed by atoms with Crippen molar-refractivity contribution in [2.24, 2.45) is 0 Å². The fraction of sp³-hybridized carbons (Fsp3) is 0.688. The summed E-state index contributed by atoms with van der Waals surface area (Å²) in [6, 6.07) is 0. The van der Waals surface area contributed by atoms with E-state index in [1.54, 1.807) is 0 Å². The predicted molar refractivity (Wildman–Crippen MR) is 85.9 cm³/mol. The third-order valence-corrected chi connectivity index (χ3v) is 2.90. The van der Waals surface area contributed by atoms with Crippen LogP contribution in [-0.4, -0.2) is 72.6 Å². The van der Waals surface area contributed by atoms with Gasteiger partial charge in [0.25, 0.3) is 0 Å². The smallest absolute Gasteiger partial charge is 0.303 e. The molecule has 154 valence electrons. The molecule has 0 aliphatic heterocycles. The Labute approximate surface area is 155 Å². The topological polar surface area (TPSA) is 152 Å². The van der Waals surface area contributed by atoms with Crippen LogP contribution in [0.1, 0.15) is 34.6 Å². The molecule has 0 rings (SSSR count). The molecule has 0 aromatic heterocycles. The molecule has 27 heavy (non-hydrogen) atoms. The van der Waals surface area contributed by atoms with Gasteiger partial charge in [-0.1, -0.05) is 0 Å². The van der Waals surface area contributed by atoms with Crippen molar-refractivity contribution in [1.29, 1.82) is 0 Å². The standard InChI is InChI=1S/C16H24O11/c1-8(17)23-6-13(22)15(26-11(4)20)16(27-12(5)21)14(25-10(3)19)7-24-9(2)18/h13-16,22H,6-7H2,1-5H3/t13-,14+,15?,16?/m1/s1. The first kappa shape index (κ1) is 24.3. The van der Waals surface area contributed by atoms with E-state index in [-0.39, 0.29) is 0 Å². The number of ether oxygens (including phenoxy) is 5. The van der Waals surface area contributed by atoms with Crippen LogP contribution in [0.5, 0.6) is 0 Å². The third kappa shape index (κ3) is 10.8. The number of carbonyl (C=O) groups excluding carboxylic acids is 5. The molecule has 1 N–H and O–H groups in total. The lowest BCUT2D eigenvalue weighted by atomic mass is 10.0. The fourth-order valence-electron chi connectivity index (χ4n) is 2.01. The van der Waals surface area contributed by atoms with E-state index in [1.807, 2.05) is 0 Å². The normalized spacial score (nSPS) is 14.7. The Morgan fingerprint density at radius 1 is 0.630 bits per heavy atom. The van der Waals surface area contributed by atoms with E-state index in [0.29, 0.717) is 0 Å². The summed E-state index contributed by atoms with van der Waals surface area (Å²) in [6.45, 7) is 4.19. The highest BCUT2D eigenvalue weighted by Gasteiger charge is 2.42. The van der Waals surface area contributed by atoms with Gasteiger partial charge in [-0.15, -0.1) is 0 Å². The minimum absolute atomic E-state index is 0.537. The summed E-state index contributed by atoms with van der Waals surface area (Å²) in [5.74, 6) is -3.93. The molecule has 0 amide bonds. The third-order valence-electron chi connectivity index (χ3n) is 2.90. The second-order valence-electron chi connectivity index (χ2n) is 5.47. The van der Waals surface area contributed by atoms with Crippen LogP contribution in [-0.2, 0) is 47.7 Å². The van der Waals surface area contributed by atoms with Gasteiger partial charge in [-0.3, -0.25) is 24.0 Å². The summed E-state index contributed by atoms with van der Waals surface area (Å²) in [4.78, 5) is 56.3. The van der Waals surface area contributed by atoms with E-state index >= 15 is 0 Å². The summed E-state index contributed by atoms with van der Waals surface area (Å²) in [5, 5.41) is 10.3. The van der Waals surface area contributed by atoms with Crippen LogP contribution < -0.4 is 0 Å². The zero-order chi connectivity index (χ0) is 21.1. The Bertz CT molecular complexity index is 557. The molecule has 0 spiro atoms. The molecule has 0 bridgehead atoms. The summed E-state index contributed by atoms with van der Waals surface area (Å²) in [7, 11) is 0. The second-order valence-corrected chi connectivity index (χ2v) is 5.47. The van der Waals surface area contributed by atoms with Crippen molar-refractivity contribution < 1.29 is 52.8 Å². The maximum atomic E-state index is 11.5. The maximum absolute atomic E-state index is 11.5. The van der Waals surface area contributed by atoms with Crippen molar-refractivity contribution in [1.82, 2.24) is 0 Å². The van der Waals surface area contributed by atoms with Crippen molar-refractivity contribution in [3.05, 3.63) is 0 Å². The van der Waals surface area contributed by atoms with Gasteiger partial charge in [0.15, 0.2) is 18.3 Å².